The molecular formula is C32H27BrN2O2. The van der Waals surface area contributed by atoms with E-state index in [2.05, 4.69) is 57.6 Å². The quantitative estimate of drug-likeness (QED) is 0.201. The average Bonchev–Trinajstić information content (AvgIpc) is 3.12. The zero-order valence-electron chi connectivity index (χ0n) is 20.5. The van der Waals surface area contributed by atoms with Crippen LogP contribution in [0.15, 0.2) is 124 Å². The molecule has 0 fully saturated rings. The summed E-state index contributed by atoms with van der Waals surface area (Å²) >= 11 is 3.57. The smallest absolute Gasteiger partial charge is 0.334 e. The second kappa shape index (κ2) is 11.0. The molecule has 1 aliphatic heterocycles. The molecule has 0 amide bonds. The molecule has 0 radical (unpaired) electrons. The average molecular weight is 551 g/mol. The van der Waals surface area contributed by atoms with Crippen LogP contribution in [-0.2, 0) is 15.1 Å². The Morgan fingerprint density at radius 3 is 1.92 bits per heavy atom. The largest absolute Gasteiger partial charge is 0.463 e. The highest BCUT2D eigenvalue weighted by atomic mass is 79.9. The number of aliphatic imine (C=N–C) groups is 1. The van der Waals surface area contributed by atoms with Crippen molar-refractivity contribution in [2.45, 2.75) is 18.9 Å². The first kappa shape index (κ1) is 24.7. The molecule has 5 heteroatoms. The number of hydrogen-bond donors (Lipinski definition) is 1. The monoisotopic (exact) mass is 550 g/mol. The van der Waals surface area contributed by atoms with Crippen LogP contribution in [0, 0.1) is 0 Å². The van der Waals surface area contributed by atoms with Gasteiger partial charge in [0.05, 0.1) is 12.3 Å². The molecule has 37 heavy (non-hydrogen) atoms. The van der Waals surface area contributed by atoms with E-state index in [-0.39, 0.29) is 5.97 Å². The van der Waals surface area contributed by atoms with Crippen LogP contribution < -0.4 is 5.32 Å². The third-order valence-corrected chi connectivity index (χ3v) is 6.92. The molecule has 0 atom stereocenters. The Kier molecular flexibility index (Phi) is 7.33. The molecule has 0 aliphatic carbocycles. The number of fused-ring (bicyclic) bond motifs is 1. The van der Waals surface area contributed by atoms with Crippen LogP contribution in [0.4, 0.5) is 5.69 Å². The van der Waals surface area contributed by atoms with Gasteiger partial charge in [0.15, 0.2) is 0 Å². The molecule has 0 spiro atoms. The molecule has 0 aromatic heterocycles. The van der Waals surface area contributed by atoms with E-state index in [1.54, 1.807) is 0 Å². The van der Waals surface area contributed by atoms with Crippen LogP contribution in [-0.4, -0.2) is 18.4 Å². The number of esters is 1. The Morgan fingerprint density at radius 2 is 1.41 bits per heavy atom. The summed E-state index contributed by atoms with van der Waals surface area (Å²) in [6, 6.07) is 36.9. The van der Waals surface area contributed by atoms with Gasteiger partial charge < -0.3 is 10.1 Å². The fourth-order valence-corrected chi connectivity index (χ4v) is 5.11. The summed E-state index contributed by atoms with van der Waals surface area (Å²) in [5.74, 6) is 0.338. The predicted molar refractivity (Wildman–Crippen MR) is 153 cm³/mol. The number of carbonyl (C=O) groups is 1. The minimum atomic E-state index is -0.751. The summed E-state index contributed by atoms with van der Waals surface area (Å²) in [6.45, 7) is 2.13. The van der Waals surface area contributed by atoms with Crippen molar-refractivity contribution in [3.05, 3.63) is 141 Å². The van der Waals surface area contributed by atoms with Gasteiger partial charge in [-0.05, 0) is 41.8 Å². The van der Waals surface area contributed by atoms with Crippen LogP contribution >= 0.6 is 15.9 Å². The van der Waals surface area contributed by atoms with Crippen LogP contribution in [0.3, 0.4) is 0 Å². The second-order valence-corrected chi connectivity index (χ2v) is 9.72. The highest BCUT2D eigenvalue weighted by Crippen LogP contribution is 2.38. The van der Waals surface area contributed by atoms with Crippen LogP contribution in [0.2, 0.25) is 0 Å². The standard InChI is InChI=1S/C32H27BrN2O2/c1-2-37-31(36)24-20-23-18-19-28(33)22-29(23)34-30(21-24)35-32(25-12-6-3-7-13-25,26-14-8-4-9-15-26)27-16-10-5-11-17-27/h3-20,22H,2,21H2,1H3,(H,34,35). The molecule has 4 aromatic rings. The summed E-state index contributed by atoms with van der Waals surface area (Å²) in [5.41, 5.74) is 4.64. The Balaban J connectivity index is 1.73. The molecule has 0 unspecified atom stereocenters. The molecule has 1 N–H and O–H groups in total. The SMILES string of the molecule is CCOC(=O)C1=Cc2ccc(Br)cc2N=C(NC(c2ccccc2)(c2ccccc2)c2ccccc2)C1. The molecule has 1 aliphatic rings. The van der Waals surface area contributed by atoms with E-state index in [4.69, 9.17) is 9.73 Å². The third kappa shape index (κ3) is 5.13. The minimum Gasteiger partial charge on any atom is -0.463 e. The zero-order chi connectivity index (χ0) is 25.7. The lowest BCUT2D eigenvalue weighted by atomic mass is 9.76. The number of nitrogens with one attached hydrogen (secondary N) is 1. The predicted octanol–water partition coefficient (Wildman–Crippen LogP) is 7.41. The van der Waals surface area contributed by atoms with Crippen LogP contribution in [0.1, 0.15) is 35.6 Å². The van der Waals surface area contributed by atoms with Gasteiger partial charge in [0, 0.05) is 22.0 Å². The van der Waals surface area contributed by atoms with Crippen LogP contribution in [0.25, 0.3) is 6.08 Å². The summed E-state index contributed by atoms with van der Waals surface area (Å²) < 4.78 is 6.33. The molecule has 5 rings (SSSR count). The highest BCUT2D eigenvalue weighted by molar-refractivity contribution is 9.10. The normalized spacial score (nSPS) is 13.0. The maximum absolute atomic E-state index is 13.0. The second-order valence-electron chi connectivity index (χ2n) is 8.80. The number of carbonyl (C=O) groups excluding carboxylic acids is 1. The van der Waals surface area contributed by atoms with Crippen molar-refractivity contribution in [3.8, 4) is 0 Å². The van der Waals surface area contributed by atoms with E-state index in [1.165, 1.54) is 0 Å². The van der Waals surface area contributed by atoms with Crippen molar-refractivity contribution in [2.75, 3.05) is 6.61 Å². The maximum atomic E-state index is 13.0. The third-order valence-electron chi connectivity index (χ3n) is 6.43. The number of rotatable bonds is 6. The highest BCUT2D eigenvalue weighted by Gasteiger charge is 2.38. The van der Waals surface area contributed by atoms with E-state index in [1.807, 2.05) is 85.8 Å². The first-order chi connectivity index (χ1) is 18.1. The molecule has 4 nitrogen and oxygen atoms in total. The Hall–Kier alpha value is -3.96. The van der Waals surface area contributed by atoms with Gasteiger partial charge in [-0.15, -0.1) is 0 Å². The van der Waals surface area contributed by atoms with Gasteiger partial charge in [0.1, 0.15) is 11.4 Å². The van der Waals surface area contributed by atoms with Gasteiger partial charge in [-0.25, -0.2) is 9.79 Å². The van der Waals surface area contributed by atoms with E-state index in [9.17, 15) is 4.79 Å². The minimum absolute atomic E-state index is 0.305. The maximum Gasteiger partial charge on any atom is 0.334 e. The first-order valence-electron chi connectivity index (χ1n) is 12.3. The molecule has 4 aromatic carbocycles. The Morgan fingerprint density at radius 1 is 0.865 bits per heavy atom. The Labute approximate surface area is 225 Å². The number of ether oxygens (including phenoxy) is 1. The van der Waals surface area contributed by atoms with Crippen molar-refractivity contribution in [2.24, 2.45) is 4.99 Å². The fraction of sp³-hybridized carbons (Fsp3) is 0.125. The van der Waals surface area contributed by atoms with Gasteiger partial charge in [-0.3, -0.25) is 0 Å². The van der Waals surface area contributed by atoms with Crippen molar-refractivity contribution in [3.63, 3.8) is 0 Å². The van der Waals surface area contributed by atoms with Crippen molar-refractivity contribution < 1.29 is 9.53 Å². The lowest BCUT2D eigenvalue weighted by molar-refractivity contribution is -0.138. The molecule has 184 valence electrons. The van der Waals surface area contributed by atoms with Gasteiger partial charge in [0.2, 0.25) is 0 Å². The van der Waals surface area contributed by atoms with E-state index < -0.39 is 5.54 Å². The molecule has 1 heterocycles. The number of nitrogens with zero attached hydrogens (tertiary/aromatic N) is 1. The van der Waals surface area contributed by atoms with Crippen molar-refractivity contribution in [1.29, 1.82) is 0 Å². The number of hydrogen-bond acceptors (Lipinski definition) is 4. The van der Waals surface area contributed by atoms with E-state index in [0.29, 0.717) is 24.4 Å². The molecule has 0 saturated carbocycles. The fourth-order valence-electron chi connectivity index (χ4n) is 4.76. The zero-order valence-corrected chi connectivity index (χ0v) is 22.1. The van der Waals surface area contributed by atoms with Gasteiger partial charge >= 0.3 is 5.97 Å². The van der Waals surface area contributed by atoms with Crippen LogP contribution in [0.5, 0.6) is 0 Å². The number of benzene rings is 4. The van der Waals surface area contributed by atoms with Gasteiger partial charge in [-0.1, -0.05) is 113 Å². The Bertz CT molecular complexity index is 1350. The number of amidine groups is 1. The van der Waals surface area contributed by atoms with Crippen molar-refractivity contribution >= 4 is 39.5 Å². The van der Waals surface area contributed by atoms with Gasteiger partial charge in [-0.2, -0.15) is 0 Å². The molecular weight excluding hydrogens is 524 g/mol. The number of halogens is 1. The van der Waals surface area contributed by atoms with Crippen molar-refractivity contribution in [1.82, 2.24) is 5.32 Å². The summed E-state index contributed by atoms with van der Waals surface area (Å²) in [7, 11) is 0. The topological polar surface area (TPSA) is 50.7 Å². The lowest BCUT2D eigenvalue weighted by Crippen LogP contribution is -2.48. The molecule has 0 saturated heterocycles. The van der Waals surface area contributed by atoms with E-state index in [0.717, 1.165) is 32.4 Å². The van der Waals surface area contributed by atoms with E-state index >= 15 is 0 Å². The first-order valence-corrected chi connectivity index (χ1v) is 13.1. The summed E-state index contributed by atoms with van der Waals surface area (Å²) in [5, 5.41) is 3.83. The summed E-state index contributed by atoms with van der Waals surface area (Å²) in [4.78, 5) is 18.0. The lowest BCUT2D eigenvalue weighted by Gasteiger charge is -2.38. The van der Waals surface area contributed by atoms with Gasteiger partial charge in [0.25, 0.3) is 0 Å². The summed E-state index contributed by atoms with van der Waals surface area (Å²) in [6.07, 6.45) is 2.19. The molecule has 0 bridgehead atoms.